The van der Waals surface area contributed by atoms with Gasteiger partial charge in [0.1, 0.15) is 19.0 Å². The lowest BCUT2D eigenvalue weighted by Gasteiger charge is -2.15. The van der Waals surface area contributed by atoms with Crippen LogP contribution in [0.25, 0.3) is 6.08 Å². The number of thioether (sulfide) groups is 1. The number of hydrogen-bond donors (Lipinski definition) is 0. The van der Waals surface area contributed by atoms with Crippen LogP contribution in [0.3, 0.4) is 0 Å². The molecular weight excluding hydrogens is 542 g/mol. The highest BCUT2D eigenvalue weighted by Crippen LogP contribution is 2.39. The quantitative estimate of drug-likeness (QED) is 0.249. The number of para-hydroxylation sites is 1. The number of amides is 2. The van der Waals surface area contributed by atoms with E-state index in [4.69, 9.17) is 14.2 Å². The van der Waals surface area contributed by atoms with Crippen LogP contribution in [0.4, 0.5) is 4.79 Å². The van der Waals surface area contributed by atoms with E-state index in [9.17, 15) is 9.59 Å². The predicted molar refractivity (Wildman–Crippen MR) is 145 cm³/mol. The van der Waals surface area contributed by atoms with Crippen LogP contribution >= 0.6 is 27.7 Å². The monoisotopic (exact) mass is 567 g/mol. The predicted octanol–water partition coefficient (Wildman–Crippen LogP) is 6.85. The fourth-order valence-corrected chi connectivity index (χ4v) is 5.09. The van der Waals surface area contributed by atoms with Crippen LogP contribution in [0.1, 0.15) is 23.6 Å². The summed E-state index contributed by atoms with van der Waals surface area (Å²) < 4.78 is 18.2. The topological polar surface area (TPSA) is 65.1 Å². The Morgan fingerprint density at radius 3 is 2.53 bits per heavy atom. The third-order valence-corrected chi connectivity index (χ3v) is 6.79. The number of hydrogen-bond acceptors (Lipinski definition) is 6. The standard InChI is InChI=1S/C28H26BrNO5S/c1-3-33-24-16-21(15-23(29)26(24)35-18-20-9-7-8-19(2)14-20)17-25-27(31)30(28(32)36-25)12-13-34-22-10-5-4-6-11-22/h4-11,14-17H,3,12-13,18H2,1-2H3/b25-17-. The van der Waals surface area contributed by atoms with Crippen LogP contribution < -0.4 is 14.2 Å². The molecular formula is C28H26BrNO5S. The molecule has 2 amide bonds. The van der Waals surface area contributed by atoms with Gasteiger partial charge in [-0.05, 0) is 83.0 Å². The van der Waals surface area contributed by atoms with E-state index in [0.717, 1.165) is 28.5 Å². The molecule has 1 aliphatic rings. The third kappa shape index (κ3) is 6.50. The van der Waals surface area contributed by atoms with E-state index in [1.807, 2.05) is 74.5 Å². The molecule has 1 heterocycles. The van der Waals surface area contributed by atoms with Crippen LogP contribution in [0.5, 0.6) is 17.2 Å². The molecule has 0 aliphatic carbocycles. The second-order valence-electron chi connectivity index (χ2n) is 8.04. The summed E-state index contributed by atoms with van der Waals surface area (Å²) >= 11 is 4.50. The van der Waals surface area contributed by atoms with Crippen molar-refractivity contribution in [3.63, 3.8) is 0 Å². The van der Waals surface area contributed by atoms with Gasteiger partial charge in [0.15, 0.2) is 11.5 Å². The lowest BCUT2D eigenvalue weighted by molar-refractivity contribution is -0.123. The number of carbonyl (C=O) groups is 2. The Morgan fingerprint density at radius 2 is 1.78 bits per heavy atom. The number of halogens is 1. The molecule has 3 aromatic carbocycles. The molecule has 0 unspecified atom stereocenters. The van der Waals surface area contributed by atoms with Gasteiger partial charge in [0.2, 0.25) is 0 Å². The van der Waals surface area contributed by atoms with Crippen molar-refractivity contribution in [1.82, 2.24) is 4.90 Å². The number of ether oxygens (including phenoxy) is 3. The third-order valence-electron chi connectivity index (χ3n) is 5.30. The summed E-state index contributed by atoms with van der Waals surface area (Å²) in [6.45, 7) is 5.18. The van der Waals surface area contributed by atoms with Gasteiger partial charge in [0.05, 0.1) is 22.5 Å². The molecule has 186 valence electrons. The van der Waals surface area contributed by atoms with Crippen molar-refractivity contribution in [1.29, 1.82) is 0 Å². The zero-order valence-electron chi connectivity index (χ0n) is 20.0. The van der Waals surface area contributed by atoms with Gasteiger partial charge >= 0.3 is 0 Å². The number of aryl methyl sites for hydroxylation is 1. The van der Waals surface area contributed by atoms with Crippen molar-refractivity contribution < 1.29 is 23.8 Å². The minimum atomic E-state index is -0.337. The van der Waals surface area contributed by atoms with E-state index in [1.165, 1.54) is 4.90 Å². The summed E-state index contributed by atoms with van der Waals surface area (Å²) in [4.78, 5) is 26.9. The summed E-state index contributed by atoms with van der Waals surface area (Å²) in [5.41, 5.74) is 2.94. The molecule has 0 bridgehead atoms. The Hall–Kier alpha value is -3.23. The lowest BCUT2D eigenvalue weighted by Crippen LogP contribution is -2.32. The molecule has 6 nitrogen and oxygen atoms in total. The normalized spacial score (nSPS) is 14.4. The first-order valence-electron chi connectivity index (χ1n) is 11.5. The molecule has 0 atom stereocenters. The van der Waals surface area contributed by atoms with E-state index >= 15 is 0 Å². The number of nitrogens with zero attached hydrogens (tertiary/aromatic N) is 1. The van der Waals surface area contributed by atoms with Gasteiger partial charge in [-0.1, -0.05) is 48.0 Å². The molecule has 3 aromatic rings. The minimum Gasteiger partial charge on any atom is -0.492 e. The van der Waals surface area contributed by atoms with Crippen molar-refractivity contribution in [2.75, 3.05) is 19.8 Å². The van der Waals surface area contributed by atoms with Crippen molar-refractivity contribution in [3.8, 4) is 17.2 Å². The second kappa shape index (κ2) is 12.1. The molecule has 4 rings (SSSR count). The summed E-state index contributed by atoms with van der Waals surface area (Å²) in [6.07, 6.45) is 1.70. The van der Waals surface area contributed by atoms with E-state index in [2.05, 4.69) is 22.0 Å². The fourth-order valence-electron chi connectivity index (χ4n) is 3.65. The zero-order valence-corrected chi connectivity index (χ0v) is 22.4. The number of imide groups is 1. The van der Waals surface area contributed by atoms with Crippen LogP contribution in [-0.2, 0) is 11.4 Å². The molecule has 1 fully saturated rings. The van der Waals surface area contributed by atoms with E-state index in [1.54, 1.807) is 6.08 Å². The first-order chi connectivity index (χ1) is 17.4. The molecule has 1 aliphatic heterocycles. The zero-order chi connectivity index (χ0) is 25.5. The van der Waals surface area contributed by atoms with Crippen LogP contribution in [-0.4, -0.2) is 35.8 Å². The highest BCUT2D eigenvalue weighted by atomic mass is 79.9. The van der Waals surface area contributed by atoms with Gasteiger partial charge in [-0.15, -0.1) is 0 Å². The van der Waals surface area contributed by atoms with Crippen LogP contribution in [0, 0.1) is 6.92 Å². The molecule has 1 saturated heterocycles. The van der Waals surface area contributed by atoms with E-state index < -0.39 is 0 Å². The Bertz CT molecular complexity index is 1280. The molecule has 0 N–H and O–H groups in total. The van der Waals surface area contributed by atoms with E-state index in [0.29, 0.717) is 39.8 Å². The maximum Gasteiger partial charge on any atom is 0.293 e. The van der Waals surface area contributed by atoms with Crippen molar-refractivity contribution >= 4 is 44.9 Å². The lowest BCUT2D eigenvalue weighted by atomic mass is 10.1. The minimum absolute atomic E-state index is 0.177. The molecule has 36 heavy (non-hydrogen) atoms. The molecule has 0 aromatic heterocycles. The van der Waals surface area contributed by atoms with Gasteiger partial charge in [0, 0.05) is 0 Å². The highest BCUT2D eigenvalue weighted by molar-refractivity contribution is 9.10. The fraction of sp³-hybridized carbons (Fsp3) is 0.214. The Labute approximate surface area is 223 Å². The molecule has 0 saturated carbocycles. The van der Waals surface area contributed by atoms with Crippen molar-refractivity contribution in [2.24, 2.45) is 0 Å². The van der Waals surface area contributed by atoms with Gasteiger partial charge in [-0.3, -0.25) is 14.5 Å². The van der Waals surface area contributed by atoms with Crippen LogP contribution in [0.2, 0.25) is 0 Å². The Balaban J connectivity index is 1.47. The molecule has 0 radical (unpaired) electrons. The first kappa shape index (κ1) is 25.9. The van der Waals surface area contributed by atoms with Crippen molar-refractivity contribution in [3.05, 3.63) is 92.8 Å². The van der Waals surface area contributed by atoms with E-state index in [-0.39, 0.29) is 24.3 Å². The van der Waals surface area contributed by atoms with Crippen LogP contribution in [0.15, 0.2) is 76.1 Å². The summed E-state index contributed by atoms with van der Waals surface area (Å²) in [6, 6.07) is 21.1. The first-order valence-corrected chi connectivity index (χ1v) is 13.1. The number of benzene rings is 3. The SMILES string of the molecule is CCOc1cc(/C=C2\SC(=O)N(CCOc3ccccc3)C2=O)cc(Br)c1OCc1cccc(C)c1. The number of carbonyl (C=O) groups excluding carboxylic acids is 2. The maximum atomic E-state index is 12.9. The average Bonchev–Trinajstić information content (AvgIpc) is 3.12. The molecule has 8 heteroatoms. The highest BCUT2D eigenvalue weighted by Gasteiger charge is 2.35. The second-order valence-corrected chi connectivity index (χ2v) is 9.88. The summed E-state index contributed by atoms with van der Waals surface area (Å²) in [5.74, 6) is 1.50. The molecule has 0 spiro atoms. The smallest absolute Gasteiger partial charge is 0.293 e. The largest absolute Gasteiger partial charge is 0.492 e. The average molecular weight is 568 g/mol. The number of rotatable bonds is 10. The Morgan fingerprint density at radius 1 is 0.972 bits per heavy atom. The Kier molecular flexibility index (Phi) is 8.72. The summed E-state index contributed by atoms with van der Waals surface area (Å²) in [7, 11) is 0. The van der Waals surface area contributed by atoms with Crippen molar-refractivity contribution in [2.45, 2.75) is 20.5 Å². The maximum absolute atomic E-state index is 12.9. The summed E-state index contributed by atoms with van der Waals surface area (Å²) in [5, 5.41) is -0.315. The van der Waals surface area contributed by atoms with Gasteiger partial charge < -0.3 is 14.2 Å². The van der Waals surface area contributed by atoms with Gasteiger partial charge in [-0.25, -0.2) is 0 Å². The van der Waals surface area contributed by atoms with Gasteiger partial charge in [0.25, 0.3) is 11.1 Å². The van der Waals surface area contributed by atoms with Gasteiger partial charge in [-0.2, -0.15) is 0 Å².